The molecular formula is C25H28ClNO2. The number of hydrogen-bond acceptors (Lipinski definition) is 3. The second-order valence-corrected chi connectivity index (χ2v) is 8.35. The Hall–Kier alpha value is -2.23. The summed E-state index contributed by atoms with van der Waals surface area (Å²) in [5, 5.41) is 11.1. The van der Waals surface area contributed by atoms with Gasteiger partial charge in [-0.3, -0.25) is 4.90 Å². The Bertz CT molecular complexity index is 948. The lowest BCUT2D eigenvalue weighted by atomic mass is 9.74. The molecule has 4 rings (SSSR count). The standard InChI is InChI=1S/C25H28ClNO2/c1-3-14-27-17-19-6-4-5-7-22(19)25(27,20-9-11-21(26)12-10-20)16-18-8-13-24(29-2)23(28)15-18/h4,6,8-13,15,28H,3,5,7,14,16-17H2,1-2H3. The van der Waals surface area contributed by atoms with Crippen molar-refractivity contribution >= 4 is 11.6 Å². The molecule has 0 bridgehead atoms. The quantitative estimate of drug-likeness (QED) is 0.648. The van der Waals surface area contributed by atoms with Crippen molar-refractivity contribution in [3.05, 3.63) is 81.9 Å². The van der Waals surface area contributed by atoms with Crippen LogP contribution in [0.25, 0.3) is 0 Å². The molecule has 0 spiro atoms. The second-order valence-electron chi connectivity index (χ2n) is 7.92. The van der Waals surface area contributed by atoms with E-state index in [1.165, 1.54) is 16.7 Å². The summed E-state index contributed by atoms with van der Waals surface area (Å²) < 4.78 is 5.24. The van der Waals surface area contributed by atoms with E-state index in [1.54, 1.807) is 7.11 Å². The summed E-state index contributed by atoms with van der Waals surface area (Å²) in [6.45, 7) is 4.22. The highest BCUT2D eigenvalue weighted by molar-refractivity contribution is 6.30. The summed E-state index contributed by atoms with van der Waals surface area (Å²) in [5.74, 6) is 0.695. The highest BCUT2D eigenvalue weighted by atomic mass is 35.5. The topological polar surface area (TPSA) is 32.7 Å². The highest BCUT2D eigenvalue weighted by Crippen LogP contribution is 2.49. The number of allylic oxidation sites excluding steroid dienone is 1. The number of phenols is 1. The number of rotatable bonds is 6. The van der Waals surface area contributed by atoms with Crippen molar-refractivity contribution in [1.29, 1.82) is 0 Å². The molecule has 1 aliphatic heterocycles. The zero-order valence-electron chi connectivity index (χ0n) is 17.1. The molecule has 0 fully saturated rings. The van der Waals surface area contributed by atoms with Gasteiger partial charge < -0.3 is 9.84 Å². The monoisotopic (exact) mass is 409 g/mol. The van der Waals surface area contributed by atoms with Crippen LogP contribution in [-0.4, -0.2) is 30.2 Å². The Kier molecular flexibility index (Phi) is 5.71. The van der Waals surface area contributed by atoms with Crippen LogP contribution in [0, 0.1) is 0 Å². The minimum Gasteiger partial charge on any atom is -0.504 e. The van der Waals surface area contributed by atoms with E-state index in [1.807, 2.05) is 24.3 Å². The van der Waals surface area contributed by atoms with Gasteiger partial charge in [-0.2, -0.15) is 0 Å². The van der Waals surface area contributed by atoms with Gasteiger partial charge in [0.25, 0.3) is 0 Å². The predicted octanol–water partition coefficient (Wildman–Crippen LogP) is 5.86. The molecule has 1 aliphatic carbocycles. The lowest BCUT2D eigenvalue weighted by molar-refractivity contribution is 0.150. The number of aromatic hydroxyl groups is 1. The van der Waals surface area contributed by atoms with E-state index >= 15 is 0 Å². The van der Waals surface area contributed by atoms with Gasteiger partial charge in [-0.1, -0.05) is 48.9 Å². The van der Waals surface area contributed by atoms with Gasteiger partial charge in [-0.25, -0.2) is 0 Å². The first-order valence-electron chi connectivity index (χ1n) is 10.3. The Morgan fingerprint density at radius 3 is 2.66 bits per heavy atom. The fourth-order valence-corrected chi connectivity index (χ4v) is 5.08. The fraction of sp³-hybridized carbons (Fsp3) is 0.360. The average Bonchev–Trinajstić information content (AvgIpc) is 3.03. The Morgan fingerprint density at radius 2 is 1.97 bits per heavy atom. The lowest BCUT2D eigenvalue weighted by Gasteiger charge is -2.42. The molecule has 1 unspecified atom stereocenters. The molecular weight excluding hydrogens is 382 g/mol. The molecule has 152 valence electrons. The number of methoxy groups -OCH3 is 1. The maximum Gasteiger partial charge on any atom is 0.160 e. The van der Waals surface area contributed by atoms with Crippen molar-refractivity contribution in [3.63, 3.8) is 0 Å². The van der Waals surface area contributed by atoms with Gasteiger partial charge in [-0.15, -0.1) is 0 Å². The van der Waals surface area contributed by atoms with Crippen LogP contribution in [0.4, 0.5) is 0 Å². The Labute approximate surface area is 178 Å². The van der Waals surface area contributed by atoms with E-state index in [9.17, 15) is 5.11 Å². The van der Waals surface area contributed by atoms with Crippen LogP contribution < -0.4 is 4.74 Å². The van der Waals surface area contributed by atoms with E-state index < -0.39 is 0 Å². The second kappa shape index (κ2) is 8.25. The van der Waals surface area contributed by atoms with Crippen molar-refractivity contribution in [1.82, 2.24) is 4.90 Å². The highest BCUT2D eigenvalue weighted by Gasteiger charge is 2.47. The summed E-state index contributed by atoms with van der Waals surface area (Å²) in [6, 6.07) is 14.1. The normalized spacial score (nSPS) is 21.5. The molecule has 2 aromatic carbocycles. The van der Waals surface area contributed by atoms with Gasteiger partial charge in [-0.05, 0) is 78.8 Å². The molecule has 0 amide bonds. The van der Waals surface area contributed by atoms with Crippen LogP contribution in [0.5, 0.6) is 11.5 Å². The van der Waals surface area contributed by atoms with Crippen LogP contribution in [0.2, 0.25) is 5.02 Å². The Balaban J connectivity index is 1.87. The number of phenolic OH excluding ortho intramolecular Hbond substituents is 1. The average molecular weight is 410 g/mol. The summed E-state index contributed by atoms with van der Waals surface area (Å²) in [7, 11) is 1.58. The molecule has 0 aromatic heterocycles. The van der Waals surface area contributed by atoms with Crippen LogP contribution in [0.1, 0.15) is 37.3 Å². The first-order valence-corrected chi connectivity index (χ1v) is 10.7. The van der Waals surface area contributed by atoms with Crippen molar-refractivity contribution in [2.75, 3.05) is 20.2 Å². The lowest BCUT2D eigenvalue weighted by Crippen LogP contribution is -2.46. The minimum absolute atomic E-state index is 0.189. The van der Waals surface area contributed by atoms with Crippen molar-refractivity contribution in [2.24, 2.45) is 0 Å². The van der Waals surface area contributed by atoms with Crippen LogP contribution in [0.3, 0.4) is 0 Å². The molecule has 1 atom stereocenters. The summed E-state index contributed by atoms with van der Waals surface area (Å²) >= 11 is 6.23. The van der Waals surface area contributed by atoms with E-state index in [2.05, 4.69) is 42.2 Å². The number of nitrogens with zero attached hydrogens (tertiary/aromatic N) is 1. The molecule has 29 heavy (non-hydrogen) atoms. The number of benzene rings is 2. The number of hydrogen-bond donors (Lipinski definition) is 1. The third-order valence-electron chi connectivity index (χ3n) is 6.19. The molecule has 1 heterocycles. The van der Waals surface area contributed by atoms with Gasteiger partial charge in [0.2, 0.25) is 0 Å². The first kappa shape index (κ1) is 20.1. The van der Waals surface area contributed by atoms with E-state index in [0.717, 1.165) is 49.4 Å². The maximum absolute atomic E-state index is 10.4. The smallest absolute Gasteiger partial charge is 0.160 e. The van der Waals surface area contributed by atoms with E-state index in [-0.39, 0.29) is 11.3 Å². The molecule has 2 aliphatic rings. The van der Waals surface area contributed by atoms with Crippen LogP contribution in [-0.2, 0) is 12.0 Å². The number of ether oxygens (including phenoxy) is 1. The molecule has 0 radical (unpaired) electrons. The molecule has 1 N–H and O–H groups in total. The van der Waals surface area contributed by atoms with Gasteiger partial charge in [0.05, 0.1) is 12.6 Å². The van der Waals surface area contributed by atoms with E-state index in [0.29, 0.717) is 5.75 Å². The third kappa shape index (κ3) is 3.58. The van der Waals surface area contributed by atoms with Gasteiger partial charge in [0.1, 0.15) is 0 Å². The fourth-order valence-electron chi connectivity index (χ4n) is 4.95. The zero-order chi connectivity index (χ0) is 20.4. The minimum atomic E-state index is -0.221. The molecule has 0 saturated heterocycles. The Morgan fingerprint density at radius 1 is 1.17 bits per heavy atom. The maximum atomic E-state index is 10.4. The molecule has 4 heteroatoms. The number of halogens is 1. The molecule has 0 saturated carbocycles. The van der Waals surface area contributed by atoms with Crippen LogP contribution in [0.15, 0.2) is 65.8 Å². The van der Waals surface area contributed by atoms with Gasteiger partial charge >= 0.3 is 0 Å². The SMILES string of the molecule is CCCN1CC2=C(CCC=C2)C1(Cc1ccc(OC)c(O)c1)c1ccc(Cl)cc1. The van der Waals surface area contributed by atoms with Crippen molar-refractivity contribution in [2.45, 2.75) is 38.1 Å². The van der Waals surface area contributed by atoms with Crippen molar-refractivity contribution in [3.8, 4) is 11.5 Å². The largest absolute Gasteiger partial charge is 0.504 e. The predicted molar refractivity (Wildman–Crippen MR) is 119 cm³/mol. The van der Waals surface area contributed by atoms with E-state index in [4.69, 9.17) is 16.3 Å². The van der Waals surface area contributed by atoms with Gasteiger partial charge in [0, 0.05) is 11.6 Å². The molecule has 3 nitrogen and oxygen atoms in total. The van der Waals surface area contributed by atoms with Gasteiger partial charge in [0.15, 0.2) is 11.5 Å². The third-order valence-corrected chi connectivity index (χ3v) is 6.44. The zero-order valence-corrected chi connectivity index (χ0v) is 17.9. The molecule has 2 aromatic rings. The van der Waals surface area contributed by atoms with Crippen molar-refractivity contribution < 1.29 is 9.84 Å². The summed E-state index contributed by atoms with van der Waals surface area (Å²) in [5.41, 5.74) is 5.10. The first-order chi connectivity index (χ1) is 14.1. The van der Waals surface area contributed by atoms with Crippen LogP contribution >= 0.6 is 11.6 Å². The summed E-state index contributed by atoms with van der Waals surface area (Å²) in [4.78, 5) is 2.61. The summed E-state index contributed by atoms with van der Waals surface area (Å²) in [6.07, 6.45) is 8.63.